The van der Waals surface area contributed by atoms with Gasteiger partial charge in [-0.15, -0.1) is 6.58 Å². The van der Waals surface area contributed by atoms with E-state index in [0.29, 0.717) is 0 Å². The monoisotopic (exact) mass is 224 g/mol. The highest BCUT2D eigenvalue weighted by Gasteiger charge is 2.03. The molecule has 0 bridgehead atoms. The smallest absolute Gasteiger partial charge is 0.118 e. The molecular weight excluding hydrogens is 208 g/mol. The van der Waals surface area contributed by atoms with Crippen LogP contribution in [-0.2, 0) is 6.42 Å². The molecule has 2 aromatic rings. The van der Waals surface area contributed by atoms with Crippen LogP contribution in [0.1, 0.15) is 5.56 Å². The minimum Gasteiger partial charge on any atom is -0.497 e. The molecule has 1 heteroatoms. The molecule has 1 nitrogen and oxygen atoms in total. The van der Waals surface area contributed by atoms with Gasteiger partial charge in [0.1, 0.15) is 5.75 Å². The highest BCUT2D eigenvalue weighted by molar-refractivity contribution is 5.68. The second-order valence-electron chi connectivity index (χ2n) is 3.88. The molecule has 0 aliphatic heterocycles. The van der Waals surface area contributed by atoms with E-state index in [4.69, 9.17) is 4.74 Å². The summed E-state index contributed by atoms with van der Waals surface area (Å²) >= 11 is 0. The third-order valence-electron chi connectivity index (χ3n) is 2.78. The molecule has 0 fully saturated rings. The zero-order valence-electron chi connectivity index (χ0n) is 10.0. The molecule has 17 heavy (non-hydrogen) atoms. The van der Waals surface area contributed by atoms with Gasteiger partial charge in [-0.05, 0) is 35.2 Å². The molecule has 0 amide bonds. The lowest BCUT2D eigenvalue weighted by molar-refractivity contribution is 0.415. The maximum atomic E-state index is 5.17. The van der Waals surface area contributed by atoms with Crippen molar-refractivity contribution < 1.29 is 4.74 Å². The van der Waals surface area contributed by atoms with E-state index in [0.717, 1.165) is 12.2 Å². The van der Waals surface area contributed by atoms with Crippen molar-refractivity contribution in [1.82, 2.24) is 0 Å². The fraction of sp³-hybridized carbons (Fsp3) is 0.125. The van der Waals surface area contributed by atoms with Crippen molar-refractivity contribution in [2.24, 2.45) is 0 Å². The maximum absolute atomic E-state index is 5.17. The highest BCUT2D eigenvalue weighted by Crippen LogP contribution is 2.26. The van der Waals surface area contributed by atoms with Crippen LogP contribution < -0.4 is 4.74 Å². The lowest BCUT2D eigenvalue weighted by Gasteiger charge is -2.08. The van der Waals surface area contributed by atoms with Gasteiger partial charge in [0.2, 0.25) is 0 Å². The average molecular weight is 224 g/mol. The summed E-state index contributed by atoms with van der Waals surface area (Å²) in [4.78, 5) is 0. The van der Waals surface area contributed by atoms with Crippen LogP contribution in [0.25, 0.3) is 11.1 Å². The third-order valence-corrected chi connectivity index (χ3v) is 2.78. The van der Waals surface area contributed by atoms with Crippen LogP contribution in [0.3, 0.4) is 0 Å². The van der Waals surface area contributed by atoms with Gasteiger partial charge in [0.05, 0.1) is 7.11 Å². The Morgan fingerprint density at radius 3 is 2.41 bits per heavy atom. The van der Waals surface area contributed by atoms with Gasteiger partial charge >= 0.3 is 0 Å². The first-order valence-corrected chi connectivity index (χ1v) is 5.68. The largest absolute Gasteiger partial charge is 0.497 e. The molecule has 0 spiro atoms. The molecule has 0 atom stereocenters. The number of rotatable bonds is 4. The standard InChI is InChI=1S/C16H16O/c1-3-6-13-7-4-5-8-16(13)14-9-11-15(17-2)12-10-14/h3-5,7-12H,1,6H2,2H3. The van der Waals surface area contributed by atoms with E-state index in [9.17, 15) is 0 Å². The van der Waals surface area contributed by atoms with E-state index in [2.05, 4.69) is 43.0 Å². The van der Waals surface area contributed by atoms with Crippen LogP contribution in [0.5, 0.6) is 5.75 Å². The Labute approximate surface area is 102 Å². The predicted molar refractivity (Wildman–Crippen MR) is 72.3 cm³/mol. The van der Waals surface area contributed by atoms with Crippen LogP contribution in [0.2, 0.25) is 0 Å². The Morgan fingerprint density at radius 2 is 1.76 bits per heavy atom. The first kappa shape index (κ1) is 11.5. The van der Waals surface area contributed by atoms with Gasteiger partial charge in [-0.1, -0.05) is 42.5 Å². The zero-order chi connectivity index (χ0) is 12.1. The lowest BCUT2D eigenvalue weighted by Crippen LogP contribution is -1.88. The summed E-state index contributed by atoms with van der Waals surface area (Å²) in [6.07, 6.45) is 2.82. The summed E-state index contributed by atoms with van der Waals surface area (Å²) in [6, 6.07) is 16.5. The molecule has 0 saturated carbocycles. The van der Waals surface area contributed by atoms with Gasteiger partial charge in [-0.2, -0.15) is 0 Å². The summed E-state index contributed by atoms with van der Waals surface area (Å²) < 4.78 is 5.17. The lowest BCUT2D eigenvalue weighted by atomic mass is 9.98. The molecule has 0 saturated heterocycles. The first-order valence-electron chi connectivity index (χ1n) is 5.68. The number of benzene rings is 2. The topological polar surface area (TPSA) is 9.23 Å². The molecule has 0 aromatic heterocycles. The van der Waals surface area contributed by atoms with Crippen molar-refractivity contribution in [1.29, 1.82) is 0 Å². The van der Waals surface area contributed by atoms with Gasteiger partial charge in [0.25, 0.3) is 0 Å². The van der Waals surface area contributed by atoms with E-state index < -0.39 is 0 Å². The van der Waals surface area contributed by atoms with E-state index >= 15 is 0 Å². The molecular formula is C16H16O. The van der Waals surface area contributed by atoms with E-state index in [-0.39, 0.29) is 0 Å². The normalized spacial score (nSPS) is 9.94. The summed E-state index contributed by atoms with van der Waals surface area (Å²) in [7, 11) is 1.68. The molecule has 2 aromatic carbocycles. The van der Waals surface area contributed by atoms with Crippen LogP contribution >= 0.6 is 0 Å². The van der Waals surface area contributed by atoms with Crippen molar-refractivity contribution in [2.45, 2.75) is 6.42 Å². The van der Waals surface area contributed by atoms with Crippen LogP contribution in [0.4, 0.5) is 0 Å². The first-order chi connectivity index (χ1) is 8.35. The Kier molecular flexibility index (Phi) is 3.61. The van der Waals surface area contributed by atoms with Gasteiger partial charge in [0, 0.05) is 0 Å². The average Bonchev–Trinajstić information content (AvgIpc) is 2.40. The van der Waals surface area contributed by atoms with Crippen LogP contribution in [0, 0.1) is 0 Å². The van der Waals surface area contributed by atoms with Gasteiger partial charge in [-0.3, -0.25) is 0 Å². The van der Waals surface area contributed by atoms with E-state index in [1.54, 1.807) is 7.11 Å². The summed E-state index contributed by atoms with van der Waals surface area (Å²) in [6.45, 7) is 3.80. The number of allylic oxidation sites excluding steroid dienone is 1. The van der Waals surface area contributed by atoms with Gasteiger partial charge in [0.15, 0.2) is 0 Å². The summed E-state index contributed by atoms with van der Waals surface area (Å²) in [5, 5.41) is 0. The minimum absolute atomic E-state index is 0.884. The fourth-order valence-electron chi connectivity index (χ4n) is 1.91. The molecule has 0 aliphatic carbocycles. The van der Waals surface area contributed by atoms with Crippen molar-refractivity contribution in [3.05, 3.63) is 66.7 Å². The van der Waals surface area contributed by atoms with Crippen molar-refractivity contribution in [3.63, 3.8) is 0 Å². The second-order valence-corrected chi connectivity index (χ2v) is 3.88. The number of ether oxygens (including phenoxy) is 1. The Hall–Kier alpha value is -2.02. The minimum atomic E-state index is 0.884. The quantitative estimate of drug-likeness (QED) is 0.711. The fourth-order valence-corrected chi connectivity index (χ4v) is 1.91. The number of hydrogen-bond acceptors (Lipinski definition) is 1. The number of hydrogen-bond donors (Lipinski definition) is 0. The predicted octanol–water partition coefficient (Wildman–Crippen LogP) is 4.09. The van der Waals surface area contributed by atoms with Crippen molar-refractivity contribution >= 4 is 0 Å². The van der Waals surface area contributed by atoms with E-state index in [1.807, 2.05) is 18.2 Å². The summed E-state index contributed by atoms with van der Waals surface area (Å²) in [5.74, 6) is 0.884. The SMILES string of the molecule is C=CCc1ccccc1-c1ccc(OC)cc1. The highest BCUT2D eigenvalue weighted by atomic mass is 16.5. The van der Waals surface area contributed by atoms with Gasteiger partial charge in [-0.25, -0.2) is 0 Å². The molecule has 0 unspecified atom stereocenters. The number of methoxy groups -OCH3 is 1. The zero-order valence-corrected chi connectivity index (χ0v) is 10.0. The van der Waals surface area contributed by atoms with Gasteiger partial charge < -0.3 is 4.74 Å². The second kappa shape index (κ2) is 5.35. The third kappa shape index (κ3) is 2.56. The van der Waals surface area contributed by atoms with Crippen molar-refractivity contribution in [3.8, 4) is 16.9 Å². The Balaban J connectivity index is 2.40. The molecule has 0 radical (unpaired) electrons. The van der Waals surface area contributed by atoms with Crippen molar-refractivity contribution in [2.75, 3.05) is 7.11 Å². The Bertz CT molecular complexity index is 497. The Morgan fingerprint density at radius 1 is 1.06 bits per heavy atom. The van der Waals surface area contributed by atoms with Crippen LogP contribution in [-0.4, -0.2) is 7.11 Å². The molecule has 0 aliphatic rings. The van der Waals surface area contributed by atoms with E-state index in [1.165, 1.54) is 16.7 Å². The molecule has 2 rings (SSSR count). The molecule has 86 valence electrons. The molecule has 0 N–H and O–H groups in total. The summed E-state index contributed by atoms with van der Waals surface area (Å²) in [5.41, 5.74) is 3.77. The maximum Gasteiger partial charge on any atom is 0.118 e. The molecule has 0 heterocycles. The van der Waals surface area contributed by atoms with Crippen LogP contribution in [0.15, 0.2) is 61.2 Å².